The first-order valence-corrected chi connectivity index (χ1v) is 4.45. The lowest BCUT2D eigenvalue weighted by Crippen LogP contribution is -2.21. The zero-order valence-corrected chi connectivity index (χ0v) is 8.35. The largest absolute Gasteiger partial charge is 0.312 e. The van der Waals surface area contributed by atoms with Crippen LogP contribution in [0.2, 0.25) is 0 Å². The molecule has 0 radical (unpaired) electrons. The molecule has 0 rings (SSSR count). The first-order chi connectivity index (χ1) is 4.95. The molecule has 0 aliphatic rings. The summed E-state index contributed by atoms with van der Waals surface area (Å²) in [6, 6.07) is 0. The quantitative estimate of drug-likeness (QED) is 0.560. The first-order valence-electron chi connectivity index (χ1n) is 4.45. The molecule has 0 aliphatic carbocycles. The molecule has 0 fully saturated rings. The van der Waals surface area contributed by atoms with Gasteiger partial charge in [0.05, 0.1) is 5.68 Å². The van der Waals surface area contributed by atoms with Crippen molar-refractivity contribution >= 4 is 13.5 Å². The van der Waals surface area contributed by atoms with Crippen LogP contribution in [0, 0.1) is 17.8 Å². The van der Waals surface area contributed by atoms with Gasteiger partial charge in [0.1, 0.15) is 0 Å². The van der Waals surface area contributed by atoms with E-state index in [0.29, 0.717) is 17.5 Å². The van der Waals surface area contributed by atoms with Gasteiger partial charge in [0.2, 0.25) is 0 Å². The lowest BCUT2D eigenvalue weighted by Gasteiger charge is -2.19. The standard InChI is InChI=1S/C9H19BO/c1-6(2)5-8(7(3)4)9(10)11/h6-8H,5,10H2,1-4H3. The van der Waals surface area contributed by atoms with E-state index in [9.17, 15) is 4.79 Å². The first kappa shape index (κ1) is 10.7. The minimum Gasteiger partial charge on any atom is -0.312 e. The van der Waals surface area contributed by atoms with Crippen molar-refractivity contribution in [2.75, 3.05) is 0 Å². The van der Waals surface area contributed by atoms with Gasteiger partial charge < -0.3 is 4.79 Å². The molecule has 2 heteroatoms. The van der Waals surface area contributed by atoms with E-state index in [2.05, 4.69) is 27.7 Å². The summed E-state index contributed by atoms with van der Waals surface area (Å²) in [6.45, 7) is 8.57. The Kier molecular flexibility index (Phi) is 4.47. The van der Waals surface area contributed by atoms with E-state index in [0.717, 1.165) is 6.42 Å². The van der Waals surface area contributed by atoms with E-state index in [1.807, 2.05) is 0 Å². The molecule has 0 heterocycles. The van der Waals surface area contributed by atoms with Gasteiger partial charge >= 0.3 is 0 Å². The zero-order valence-electron chi connectivity index (χ0n) is 8.35. The van der Waals surface area contributed by atoms with Gasteiger partial charge in [-0.05, 0) is 18.3 Å². The molecule has 0 aromatic heterocycles. The van der Waals surface area contributed by atoms with E-state index in [1.54, 1.807) is 7.85 Å². The molecule has 0 aromatic rings. The van der Waals surface area contributed by atoms with E-state index in [1.165, 1.54) is 0 Å². The molecule has 0 aromatic carbocycles. The minimum absolute atomic E-state index is 0.273. The summed E-state index contributed by atoms with van der Waals surface area (Å²) in [4.78, 5) is 11.1. The lowest BCUT2D eigenvalue weighted by atomic mass is 9.77. The van der Waals surface area contributed by atoms with Gasteiger partial charge in [-0.15, -0.1) is 0 Å². The molecule has 0 N–H and O–H groups in total. The van der Waals surface area contributed by atoms with Crippen molar-refractivity contribution in [3.8, 4) is 0 Å². The number of hydrogen-bond acceptors (Lipinski definition) is 1. The minimum atomic E-state index is 0.273. The van der Waals surface area contributed by atoms with Crippen LogP contribution in [-0.4, -0.2) is 13.5 Å². The fourth-order valence-corrected chi connectivity index (χ4v) is 1.42. The molecule has 0 bridgehead atoms. The van der Waals surface area contributed by atoms with Crippen molar-refractivity contribution < 1.29 is 4.79 Å². The average Bonchev–Trinajstić information content (AvgIpc) is 1.81. The normalized spacial score (nSPS) is 14.0. The molecule has 1 unspecified atom stereocenters. The average molecular weight is 154 g/mol. The summed E-state index contributed by atoms with van der Waals surface area (Å²) in [6.07, 6.45) is 1.03. The maximum atomic E-state index is 11.1. The second-order valence-corrected chi connectivity index (χ2v) is 4.09. The fourth-order valence-electron chi connectivity index (χ4n) is 1.42. The third kappa shape index (κ3) is 4.23. The predicted molar refractivity (Wildman–Crippen MR) is 51.3 cm³/mol. The molecule has 1 nitrogen and oxygen atoms in total. The topological polar surface area (TPSA) is 17.1 Å². The fraction of sp³-hybridized carbons (Fsp3) is 0.889. The molecule has 11 heavy (non-hydrogen) atoms. The second-order valence-electron chi connectivity index (χ2n) is 4.09. The highest BCUT2D eigenvalue weighted by Gasteiger charge is 2.18. The monoisotopic (exact) mass is 154 g/mol. The highest BCUT2D eigenvalue weighted by Crippen LogP contribution is 2.19. The summed E-state index contributed by atoms with van der Waals surface area (Å²) < 4.78 is 0. The van der Waals surface area contributed by atoms with Crippen molar-refractivity contribution in [1.29, 1.82) is 0 Å². The highest BCUT2D eigenvalue weighted by atomic mass is 16.1. The van der Waals surface area contributed by atoms with E-state index in [4.69, 9.17) is 0 Å². The Labute approximate surface area is 71.0 Å². The Morgan fingerprint density at radius 3 is 1.82 bits per heavy atom. The summed E-state index contributed by atoms with van der Waals surface area (Å²) in [5.74, 6) is 1.40. The Balaban J connectivity index is 4.01. The van der Waals surface area contributed by atoms with Gasteiger partial charge in [0.25, 0.3) is 0 Å². The number of carbonyl (C=O) groups excluding carboxylic acids is 1. The van der Waals surface area contributed by atoms with Gasteiger partial charge in [0, 0.05) is 5.92 Å². The molecule has 0 spiro atoms. The number of rotatable bonds is 4. The van der Waals surface area contributed by atoms with Crippen LogP contribution in [-0.2, 0) is 4.79 Å². The van der Waals surface area contributed by atoms with Gasteiger partial charge in [-0.3, -0.25) is 0 Å². The Morgan fingerprint density at radius 1 is 1.27 bits per heavy atom. The van der Waals surface area contributed by atoms with Gasteiger partial charge in [0.15, 0.2) is 7.85 Å². The van der Waals surface area contributed by atoms with E-state index >= 15 is 0 Å². The van der Waals surface area contributed by atoms with Crippen molar-refractivity contribution in [3.05, 3.63) is 0 Å². The third-order valence-electron chi connectivity index (χ3n) is 2.05. The van der Waals surface area contributed by atoms with Gasteiger partial charge in [-0.1, -0.05) is 27.7 Å². The van der Waals surface area contributed by atoms with E-state index < -0.39 is 0 Å². The Hall–Kier alpha value is -0.265. The Bertz CT molecular complexity index is 130. The van der Waals surface area contributed by atoms with E-state index in [-0.39, 0.29) is 5.92 Å². The van der Waals surface area contributed by atoms with Crippen LogP contribution >= 0.6 is 0 Å². The molecule has 0 saturated heterocycles. The van der Waals surface area contributed by atoms with Crippen molar-refractivity contribution in [1.82, 2.24) is 0 Å². The van der Waals surface area contributed by atoms with Crippen molar-refractivity contribution in [2.45, 2.75) is 34.1 Å². The summed E-state index contributed by atoms with van der Waals surface area (Å²) >= 11 is 0. The third-order valence-corrected chi connectivity index (χ3v) is 2.05. The van der Waals surface area contributed by atoms with Crippen LogP contribution in [0.5, 0.6) is 0 Å². The SMILES string of the molecule is BC(=O)C(CC(C)C)C(C)C. The second kappa shape index (κ2) is 4.58. The van der Waals surface area contributed by atoms with Crippen LogP contribution in [0.4, 0.5) is 0 Å². The molecule has 0 aliphatic heterocycles. The lowest BCUT2D eigenvalue weighted by molar-refractivity contribution is -0.116. The van der Waals surface area contributed by atoms with Gasteiger partial charge in [-0.25, -0.2) is 0 Å². The molecular formula is C9H19BO. The predicted octanol–water partition coefficient (Wildman–Crippen LogP) is 1.46. The smallest absolute Gasteiger partial charge is 0.187 e. The van der Waals surface area contributed by atoms with Crippen LogP contribution in [0.3, 0.4) is 0 Å². The van der Waals surface area contributed by atoms with Crippen LogP contribution in [0.15, 0.2) is 0 Å². The summed E-state index contributed by atoms with van der Waals surface area (Å²) in [5, 5.41) is 0. The maximum Gasteiger partial charge on any atom is 0.187 e. The highest BCUT2D eigenvalue weighted by molar-refractivity contribution is 6.58. The van der Waals surface area contributed by atoms with Gasteiger partial charge in [-0.2, -0.15) is 0 Å². The Morgan fingerprint density at radius 2 is 1.73 bits per heavy atom. The van der Waals surface area contributed by atoms with Crippen molar-refractivity contribution in [3.63, 3.8) is 0 Å². The molecular weight excluding hydrogens is 135 g/mol. The molecule has 0 saturated carbocycles. The summed E-state index contributed by atoms with van der Waals surface area (Å²) in [7, 11) is 1.70. The van der Waals surface area contributed by atoms with Crippen LogP contribution in [0.1, 0.15) is 34.1 Å². The number of hydrogen-bond donors (Lipinski definition) is 0. The summed E-state index contributed by atoms with van der Waals surface area (Å²) in [5.41, 5.74) is 0.341. The van der Waals surface area contributed by atoms with Crippen molar-refractivity contribution in [2.24, 2.45) is 17.8 Å². The molecule has 0 amide bonds. The van der Waals surface area contributed by atoms with Crippen LogP contribution in [0.25, 0.3) is 0 Å². The molecule has 64 valence electrons. The number of carbonyl (C=O) groups is 1. The van der Waals surface area contributed by atoms with Crippen LogP contribution < -0.4 is 0 Å². The molecule has 1 atom stereocenters. The zero-order chi connectivity index (χ0) is 9.02. The maximum absolute atomic E-state index is 11.1.